The van der Waals surface area contributed by atoms with Crippen molar-refractivity contribution in [2.75, 3.05) is 0 Å². The normalized spacial score (nSPS) is 1.00. The molecule has 2 radical (unpaired) electrons. The predicted octanol–water partition coefficient (Wildman–Crippen LogP) is -0.720. The van der Waals surface area contributed by atoms with Gasteiger partial charge >= 0.3 is 0 Å². The van der Waals surface area contributed by atoms with Crippen LogP contribution in [-0.2, 0) is 32.0 Å². The van der Waals surface area contributed by atoms with Crippen LogP contribution in [0.1, 0.15) is 0 Å². The molecule has 0 heterocycles. The monoisotopic (exact) mass is 250 g/mol. The maximum atomic E-state index is 7.83. The Morgan fingerprint density at radius 2 is 1.25 bits per heavy atom. The van der Waals surface area contributed by atoms with Crippen molar-refractivity contribution >= 4 is 61.4 Å². The Bertz CT molecular complexity index is 8.00. The first kappa shape index (κ1) is 16.4. The van der Waals surface area contributed by atoms with Gasteiger partial charge in [0.2, 0.25) is 0 Å². The maximum absolute atomic E-state index is 7.83. The summed E-state index contributed by atoms with van der Waals surface area (Å²) in [5.74, 6) is 0. The van der Waals surface area contributed by atoms with Gasteiger partial charge in [-0.05, 0) is 0 Å². The summed E-state index contributed by atoms with van der Waals surface area (Å²) in [5.41, 5.74) is 0. The first-order chi connectivity index (χ1) is 1.00. The van der Waals surface area contributed by atoms with E-state index >= 15 is 0 Å². The van der Waals surface area contributed by atoms with E-state index in [1.54, 1.807) is 0 Å². The van der Waals surface area contributed by atoms with Gasteiger partial charge in [0.1, 0.15) is 0 Å². The van der Waals surface area contributed by atoms with E-state index in [2.05, 4.69) is 12.5 Å². The Morgan fingerprint density at radius 1 is 1.25 bits per heavy atom. The quantitative estimate of drug-likeness (QED) is 0.528. The molecule has 0 N–H and O–H groups in total. The van der Waals surface area contributed by atoms with E-state index in [9.17, 15) is 0 Å². The molecule has 0 saturated heterocycles. The van der Waals surface area contributed by atoms with Crippen molar-refractivity contribution in [1.82, 2.24) is 0 Å². The molecule has 4 heteroatoms. The molecule has 4 heavy (non-hydrogen) atoms. The summed E-state index contributed by atoms with van der Waals surface area (Å²) < 4.78 is 7.83. The smallest absolute Gasteiger partial charge is 0.197 e. The Balaban J connectivity index is -0.00000000500. The van der Waals surface area contributed by atoms with Gasteiger partial charge in [-0.1, -0.05) is 0 Å². The summed E-state index contributed by atoms with van der Waals surface area (Å²) in [6, 6.07) is 0. The van der Waals surface area contributed by atoms with Gasteiger partial charge in [0, 0.05) is 68.4 Å². The third kappa shape index (κ3) is 8.88. The van der Waals surface area contributed by atoms with Crippen molar-refractivity contribution in [3.8, 4) is 0 Å². The van der Waals surface area contributed by atoms with Crippen LogP contribution in [-0.4, -0.2) is 53.1 Å². The average molecular weight is 251 g/mol. The van der Waals surface area contributed by atoms with E-state index in [-0.39, 0.29) is 68.4 Å². The minimum absolute atomic E-state index is 0. The van der Waals surface area contributed by atoms with E-state index < -0.39 is 0 Å². The molecular formula is BaOSZn. The van der Waals surface area contributed by atoms with E-state index in [1.165, 1.54) is 0 Å². The fraction of sp³-hybridized carbons (Fsp3) is 0. The summed E-state index contributed by atoms with van der Waals surface area (Å²) >= 11 is 2.83. The molecule has 0 aliphatic carbocycles. The minimum atomic E-state index is 0. The molecule has 0 rings (SSSR count). The van der Waals surface area contributed by atoms with Gasteiger partial charge in [-0.3, -0.25) is 0 Å². The van der Waals surface area contributed by atoms with E-state index in [0.29, 0.717) is 0 Å². The molecule has 16 valence electrons. The SMILES string of the molecule is O=S.[Ba].[Zn]. The molecular weight excluding hydrogens is 251 g/mol. The molecule has 0 amide bonds. The zero-order chi connectivity index (χ0) is 2.00. The van der Waals surface area contributed by atoms with Crippen molar-refractivity contribution in [2.24, 2.45) is 0 Å². The fourth-order valence-electron chi connectivity index (χ4n) is 0. The van der Waals surface area contributed by atoms with Gasteiger partial charge in [0.25, 0.3) is 0 Å². The molecule has 0 aliphatic rings. The largest absolute Gasteiger partial charge is 0.197 e. The molecule has 0 spiro atoms. The molecule has 0 bridgehead atoms. The second-order valence-corrected chi connectivity index (χ2v) is 0. The van der Waals surface area contributed by atoms with Crippen LogP contribution in [0.3, 0.4) is 0 Å². The average Bonchev–Trinajstić information content (AvgIpc) is 1.00. The maximum Gasteiger partial charge on any atom is 0.197 e. The van der Waals surface area contributed by atoms with Crippen molar-refractivity contribution in [1.29, 1.82) is 0 Å². The topological polar surface area (TPSA) is 17.1 Å². The zero-order valence-electron chi connectivity index (χ0n) is 2.23. The van der Waals surface area contributed by atoms with Crippen LogP contribution >= 0.6 is 0 Å². The summed E-state index contributed by atoms with van der Waals surface area (Å²) in [5, 5.41) is 0. The van der Waals surface area contributed by atoms with E-state index in [0.717, 1.165) is 0 Å². The van der Waals surface area contributed by atoms with Crippen molar-refractivity contribution < 1.29 is 23.7 Å². The van der Waals surface area contributed by atoms with Gasteiger partial charge < -0.3 is 0 Å². The molecule has 1 nitrogen and oxygen atoms in total. The standard InChI is InChI=1S/Ba.OS.Zn/c;1-2;. The van der Waals surface area contributed by atoms with Crippen LogP contribution in [0.25, 0.3) is 0 Å². The van der Waals surface area contributed by atoms with Gasteiger partial charge in [-0.25, -0.2) is 0 Å². The van der Waals surface area contributed by atoms with E-state index in [1.807, 2.05) is 0 Å². The molecule has 0 atom stereocenters. The molecule has 0 fully saturated rings. The Morgan fingerprint density at radius 3 is 1.25 bits per heavy atom. The van der Waals surface area contributed by atoms with Gasteiger partial charge in [0.15, 0.2) is 12.5 Å². The van der Waals surface area contributed by atoms with Crippen LogP contribution in [0.5, 0.6) is 0 Å². The first-order valence-corrected chi connectivity index (χ1v) is 0.500. The molecule has 0 unspecified atom stereocenters. The fourth-order valence-corrected chi connectivity index (χ4v) is 0. The van der Waals surface area contributed by atoms with Gasteiger partial charge in [-0.2, -0.15) is 4.21 Å². The third-order valence-corrected chi connectivity index (χ3v) is 0. The Kier molecular flexibility index (Phi) is 77.2. The third-order valence-electron chi connectivity index (χ3n) is 0. The first-order valence-electron chi connectivity index (χ1n) is 0.167. The van der Waals surface area contributed by atoms with Crippen molar-refractivity contribution in [2.45, 2.75) is 0 Å². The van der Waals surface area contributed by atoms with Crippen molar-refractivity contribution in [3.63, 3.8) is 0 Å². The number of hydrogen-bond acceptors (Lipinski definition) is 2. The van der Waals surface area contributed by atoms with Gasteiger partial charge in [-0.15, -0.1) is 0 Å². The molecule has 0 aromatic rings. The molecule has 0 aliphatic heterocycles. The summed E-state index contributed by atoms with van der Waals surface area (Å²) in [4.78, 5) is 0. The van der Waals surface area contributed by atoms with Crippen LogP contribution in [0.4, 0.5) is 0 Å². The number of hydrogen-bond donors (Lipinski definition) is 0. The molecule has 0 aromatic carbocycles. The van der Waals surface area contributed by atoms with Crippen molar-refractivity contribution in [3.05, 3.63) is 0 Å². The van der Waals surface area contributed by atoms with E-state index in [4.69, 9.17) is 4.21 Å². The summed E-state index contributed by atoms with van der Waals surface area (Å²) in [6.07, 6.45) is 0. The predicted molar refractivity (Wildman–Crippen MR) is 13.9 cm³/mol. The molecule has 0 saturated carbocycles. The second kappa shape index (κ2) is 18.9. The summed E-state index contributed by atoms with van der Waals surface area (Å²) in [6.45, 7) is 0. The van der Waals surface area contributed by atoms with Crippen LogP contribution in [0.15, 0.2) is 0 Å². The van der Waals surface area contributed by atoms with Crippen LogP contribution < -0.4 is 0 Å². The Labute approximate surface area is 83.3 Å². The van der Waals surface area contributed by atoms with Gasteiger partial charge in [0.05, 0.1) is 0 Å². The minimum Gasteiger partial charge on any atom is -0.197 e. The number of rotatable bonds is 0. The van der Waals surface area contributed by atoms with Crippen LogP contribution in [0, 0.1) is 0 Å². The zero-order valence-corrected chi connectivity index (χ0v) is 10.5. The summed E-state index contributed by atoms with van der Waals surface area (Å²) in [7, 11) is 0. The molecule has 0 aromatic heterocycles. The van der Waals surface area contributed by atoms with Crippen LogP contribution in [0.2, 0.25) is 0 Å². The Hall–Kier alpha value is 2.21. The second-order valence-electron chi connectivity index (χ2n) is 0.